The summed E-state index contributed by atoms with van der Waals surface area (Å²) in [6, 6.07) is 3.71. The van der Waals surface area contributed by atoms with E-state index < -0.39 is 0 Å². The number of aliphatic hydroxyl groups excluding tert-OH is 1. The van der Waals surface area contributed by atoms with Crippen LogP contribution in [0.2, 0.25) is 0 Å². The molecule has 2 rings (SSSR count). The third-order valence-electron chi connectivity index (χ3n) is 3.80. The lowest BCUT2D eigenvalue weighted by atomic mass is 9.86. The lowest BCUT2D eigenvalue weighted by Gasteiger charge is -2.27. The Morgan fingerprint density at radius 3 is 3.00 bits per heavy atom. The summed E-state index contributed by atoms with van der Waals surface area (Å²) in [7, 11) is 0. The average molecular weight is 250 g/mol. The summed E-state index contributed by atoms with van der Waals surface area (Å²) < 4.78 is 1.92. The molecular weight excluding hydrogens is 228 g/mol. The number of aliphatic hydroxyl groups is 1. The molecule has 2 N–H and O–H groups in total. The second-order valence-electron chi connectivity index (χ2n) is 5.00. The summed E-state index contributed by atoms with van der Waals surface area (Å²) in [4.78, 5) is 12.0. The molecule has 1 aromatic heterocycles. The van der Waals surface area contributed by atoms with E-state index >= 15 is 0 Å². The number of hydrogen-bond donors (Lipinski definition) is 2. The van der Waals surface area contributed by atoms with Crippen molar-refractivity contribution >= 4 is 5.91 Å². The van der Waals surface area contributed by atoms with Gasteiger partial charge in [-0.15, -0.1) is 0 Å². The van der Waals surface area contributed by atoms with Crippen molar-refractivity contribution in [2.24, 2.45) is 5.92 Å². The largest absolute Gasteiger partial charge is 0.393 e. The van der Waals surface area contributed by atoms with Gasteiger partial charge in [0.05, 0.1) is 6.10 Å². The number of aromatic nitrogens is 1. The number of nitrogens with one attached hydrogen (secondary N) is 1. The Kier molecular flexibility index (Phi) is 4.42. The van der Waals surface area contributed by atoms with Crippen molar-refractivity contribution in [1.29, 1.82) is 0 Å². The van der Waals surface area contributed by atoms with E-state index in [1.807, 2.05) is 29.8 Å². The molecule has 1 fully saturated rings. The fourth-order valence-corrected chi connectivity index (χ4v) is 2.64. The SMILES string of the molecule is CCn1cccc1C(=O)NCC1CCCCC1O. The number of carbonyl (C=O) groups is 1. The zero-order valence-corrected chi connectivity index (χ0v) is 10.9. The van der Waals surface area contributed by atoms with Crippen LogP contribution in [-0.4, -0.2) is 28.2 Å². The Bertz CT molecular complexity index is 400. The molecule has 1 amide bonds. The second kappa shape index (κ2) is 6.05. The van der Waals surface area contributed by atoms with Crippen LogP contribution >= 0.6 is 0 Å². The van der Waals surface area contributed by atoms with E-state index in [1.54, 1.807) is 0 Å². The number of amides is 1. The molecule has 1 saturated carbocycles. The van der Waals surface area contributed by atoms with Gasteiger partial charge in [-0.05, 0) is 31.9 Å². The van der Waals surface area contributed by atoms with E-state index in [-0.39, 0.29) is 17.9 Å². The van der Waals surface area contributed by atoms with Gasteiger partial charge < -0.3 is 15.0 Å². The predicted octanol–water partition coefficient (Wildman–Crippen LogP) is 1.79. The van der Waals surface area contributed by atoms with Gasteiger partial charge >= 0.3 is 0 Å². The van der Waals surface area contributed by atoms with Crippen LogP contribution in [0.15, 0.2) is 18.3 Å². The molecule has 2 atom stereocenters. The molecule has 1 aliphatic rings. The zero-order valence-electron chi connectivity index (χ0n) is 10.9. The minimum absolute atomic E-state index is 0.0420. The third-order valence-corrected chi connectivity index (χ3v) is 3.80. The fraction of sp³-hybridized carbons (Fsp3) is 0.643. The Morgan fingerprint density at radius 1 is 1.50 bits per heavy atom. The van der Waals surface area contributed by atoms with Crippen molar-refractivity contribution in [3.8, 4) is 0 Å². The number of rotatable bonds is 4. The molecule has 100 valence electrons. The molecule has 0 bridgehead atoms. The predicted molar refractivity (Wildman–Crippen MR) is 70.4 cm³/mol. The zero-order chi connectivity index (χ0) is 13.0. The molecular formula is C14H22N2O2. The van der Waals surface area contributed by atoms with Gasteiger partial charge in [0, 0.05) is 25.2 Å². The summed E-state index contributed by atoms with van der Waals surface area (Å²) in [6.45, 7) is 3.39. The quantitative estimate of drug-likeness (QED) is 0.856. The highest BCUT2D eigenvalue weighted by atomic mass is 16.3. The Hall–Kier alpha value is -1.29. The summed E-state index contributed by atoms with van der Waals surface area (Å²) in [6.07, 6.45) is 5.79. The topological polar surface area (TPSA) is 54.3 Å². The van der Waals surface area contributed by atoms with E-state index in [2.05, 4.69) is 5.32 Å². The van der Waals surface area contributed by atoms with Crippen LogP contribution in [0, 0.1) is 5.92 Å². The van der Waals surface area contributed by atoms with Gasteiger partial charge in [-0.25, -0.2) is 0 Å². The van der Waals surface area contributed by atoms with Crippen LogP contribution in [0.25, 0.3) is 0 Å². The summed E-state index contributed by atoms with van der Waals surface area (Å²) in [5, 5.41) is 12.8. The lowest BCUT2D eigenvalue weighted by Crippen LogP contribution is -2.37. The second-order valence-corrected chi connectivity index (χ2v) is 5.00. The summed E-state index contributed by atoms with van der Waals surface area (Å²) in [5.74, 6) is 0.173. The average Bonchev–Trinajstić information content (AvgIpc) is 2.86. The summed E-state index contributed by atoms with van der Waals surface area (Å²) in [5.41, 5.74) is 0.697. The van der Waals surface area contributed by atoms with E-state index in [1.165, 1.54) is 0 Å². The molecule has 18 heavy (non-hydrogen) atoms. The van der Waals surface area contributed by atoms with Gasteiger partial charge in [0.25, 0.3) is 5.91 Å². The molecule has 1 aromatic rings. The van der Waals surface area contributed by atoms with E-state index in [0.29, 0.717) is 12.2 Å². The minimum Gasteiger partial charge on any atom is -0.393 e. The van der Waals surface area contributed by atoms with Gasteiger partial charge in [-0.1, -0.05) is 12.8 Å². The van der Waals surface area contributed by atoms with Crippen molar-refractivity contribution in [1.82, 2.24) is 9.88 Å². The molecule has 0 aromatic carbocycles. The first-order chi connectivity index (χ1) is 8.72. The first-order valence-corrected chi connectivity index (χ1v) is 6.83. The van der Waals surface area contributed by atoms with Crippen LogP contribution in [0.1, 0.15) is 43.1 Å². The van der Waals surface area contributed by atoms with Gasteiger partial charge in [0.1, 0.15) is 5.69 Å². The molecule has 4 heteroatoms. The Morgan fingerprint density at radius 2 is 2.28 bits per heavy atom. The van der Waals surface area contributed by atoms with Gasteiger partial charge in [-0.3, -0.25) is 4.79 Å². The molecule has 0 radical (unpaired) electrons. The van der Waals surface area contributed by atoms with Crippen molar-refractivity contribution in [2.75, 3.05) is 6.54 Å². The van der Waals surface area contributed by atoms with Crippen LogP contribution in [0.3, 0.4) is 0 Å². The van der Waals surface area contributed by atoms with Gasteiger partial charge in [0.15, 0.2) is 0 Å². The van der Waals surface area contributed by atoms with E-state index in [4.69, 9.17) is 0 Å². The highest BCUT2D eigenvalue weighted by molar-refractivity contribution is 5.92. The maximum absolute atomic E-state index is 12.0. The molecule has 2 unspecified atom stereocenters. The highest BCUT2D eigenvalue weighted by Gasteiger charge is 2.23. The number of hydrogen-bond acceptors (Lipinski definition) is 2. The first-order valence-electron chi connectivity index (χ1n) is 6.83. The number of nitrogens with zero attached hydrogens (tertiary/aromatic N) is 1. The highest BCUT2D eigenvalue weighted by Crippen LogP contribution is 2.23. The molecule has 0 spiro atoms. The molecule has 4 nitrogen and oxygen atoms in total. The maximum atomic E-state index is 12.0. The normalized spacial score (nSPS) is 23.9. The Labute approximate surface area is 108 Å². The minimum atomic E-state index is -0.253. The Balaban J connectivity index is 1.88. The smallest absolute Gasteiger partial charge is 0.267 e. The van der Waals surface area contributed by atoms with E-state index in [0.717, 1.165) is 32.2 Å². The van der Waals surface area contributed by atoms with Crippen LogP contribution in [0.5, 0.6) is 0 Å². The first kappa shape index (κ1) is 13.1. The third kappa shape index (κ3) is 2.93. The molecule has 0 saturated heterocycles. The molecule has 1 heterocycles. The van der Waals surface area contributed by atoms with E-state index in [9.17, 15) is 9.90 Å². The van der Waals surface area contributed by atoms with Crippen LogP contribution in [0.4, 0.5) is 0 Å². The monoisotopic (exact) mass is 250 g/mol. The van der Waals surface area contributed by atoms with Crippen LogP contribution < -0.4 is 5.32 Å². The van der Waals surface area contributed by atoms with Crippen LogP contribution in [-0.2, 0) is 6.54 Å². The van der Waals surface area contributed by atoms with Crippen molar-refractivity contribution in [3.05, 3.63) is 24.0 Å². The van der Waals surface area contributed by atoms with Crippen molar-refractivity contribution < 1.29 is 9.90 Å². The maximum Gasteiger partial charge on any atom is 0.267 e. The lowest BCUT2D eigenvalue weighted by molar-refractivity contribution is 0.0660. The fourth-order valence-electron chi connectivity index (χ4n) is 2.64. The van der Waals surface area contributed by atoms with Crippen molar-refractivity contribution in [2.45, 2.75) is 45.3 Å². The standard InChI is InChI=1S/C14H22N2O2/c1-2-16-9-5-7-12(16)14(18)15-10-11-6-3-4-8-13(11)17/h5,7,9,11,13,17H,2-4,6,8,10H2,1H3,(H,15,18). The number of carbonyl (C=O) groups excluding carboxylic acids is 1. The number of aryl methyl sites for hydroxylation is 1. The van der Waals surface area contributed by atoms with Gasteiger partial charge in [-0.2, -0.15) is 0 Å². The summed E-state index contributed by atoms with van der Waals surface area (Å²) >= 11 is 0. The van der Waals surface area contributed by atoms with Crippen molar-refractivity contribution in [3.63, 3.8) is 0 Å². The molecule has 1 aliphatic carbocycles. The van der Waals surface area contributed by atoms with Gasteiger partial charge in [0.2, 0.25) is 0 Å². The molecule has 0 aliphatic heterocycles.